The average molecular weight is 331 g/mol. The SMILES string of the molecule is CCCN1CCC(NC(=O)C(=O)Nc2cccc(C(C)C)c2)CC1. The van der Waals surface area contributed by atoms with Crippen LogP contribution in [0, 0.1) is 0 Å². The van der Waals surface area contributed by atoms with Crippen LogP contribution in [-0.4, -0.2) is 42.4 Å². The number of benzene rings is 1. The molecule has 0 spiro atoms. The maximum Gasteiger partial charge on any atom is 0.313 e. The minimum Gasteiger partial charge on any atom is -0.345 e. The van der Waals surface area contributed by atoms with E-state index in [4.69, 9.17) is 0 Å². The highest BCUT2D eigenvalue weighted by Gasteiger charge is 2.23. The molecule has 24 heavy (non-hydrogen) atoms. The first-order valence-electron chi connectivity index (χ1n) is 8.93. The molecule has 2 rings (SSSR count). The van der Waals surface area contributed by atoms with Crippen molar-refractivity contribution in [2.24, 2.45) is 0 Å². The number of hydrogen-bond donors (Lipinski definition) is 2. The van der Waals surface area contributed by atoms with E-state index in [-0.39, 0.29) is 6.04 Å². The summed E-state index contributed by atoms with van der Waals surface area (Å²) in [6.45, 7) is 9.44. The van der Waals surface area contributed by atoms with E-state index in [1.165, 1.54) is 0 Å². The van der Waals surface area contributed by atoms with E-state index in [1.807, 2.05) is 18.2 Å². The molecule has 2 amide bonds. The van der Waals surface area contributed by atoms with Gasteiger partial charge in [-0.05, 0) is 49.4 Å². The Balaban J connectivity index is 1.82. The number of likely N-dealkylation sites (tertiary alicyclic amines) is 1. The van der Waals surface area contributed by atoms with Gasteiger partial charge in [0, 0.05) is 24.8 Å². The second-order valence-electron chi connectivity index (χ2n) is 6.82. The van der Waals surface area contributed by atoms with Crippen LogP contribution in [0.5, 0.6) is 0 Å². The number of carbonyl (C=O) groups is 2. The van der Waals surface area contributed by atoms with Gasteiger partial charge in [0.05, 0.1) is 0 Å². The van der Waals surface area contributed by atoms with Crippen LogP contribution in [0.15, 0.2) is 24.3 Å². The molecule has 5 nitrogen and oxygen atoms in total. The second-order valence-corrected chi connectivity index (χ2v) is 6.82. The third-order valence-corrected chi connectivity index (χ3v) is 4.48. The quantitative estimate of drug-likeness (QED) is 0.816. The number of rotatable bonds is 5. The van der Waals surface area contributed by atoms with E-state index < -0.39 is 11.8 Å². The van der Waals surface area contributed by atoms with E-state index in [2.05, 4.69) is 36.3 Å². The summed E-state index contributed by atoms with van der Waals surface area (Å²) in [6.07, 6.45) is 2.96. The van der Waals surface area contributed by atoms with Gasteiger partial charge < -0.3 is 15.5 Å². The Bertz CT molecular complexity index is 563. The van der Waals surface area contributed by atoms with Crippen molar-refractivity contribution in [1.82, 2.24) is 10.2 Å². The molecule has 0 saturated carbocycles. The first-order chi connectivity index (χ1) is 11.5. The van der Waals surface area contributed by atoms with Gasteiger partial charge in [-0.3, -0.25) is 9.59 Å². The van der Waals surface area contributed by atoms with Gasteiger partial charge in [-0.2, -0.15) is 0 Å². The highest BCUT2D eigenvalue weighted by molar-refractivity contribution is 6.39. The van der Waals surface area contributed by atoms with Crippen LogP contribution in [-0.2, 0) is 9.59 Å². The minimum atomic E-state index is -0.591. The molecular weight excluding hydrogens is 302 g/mol. The number of hydrogen-bond acceptors (Lipinski definition) is 3. The van der Waals surface area contributed by atoms with Crippen molar-refractivity contribution >= 4 is 17.5 Å². The van der Waals surface area contributed by atoms with Crippen molar-refractivity contribution in [2.75, 3.05) is 25.0 Å². The van der Waals surface area contributed by atoms with Crippen LogP contribution in [0.3, 0.4) is 0 Å². The molecular formula is C19H29N3O2. The van der Waals surface area contributed by atoms with Gasteiger partial charge in [-0.25, -0.2) is 0 Å². The largest absolute Gasteiger partial charge is 0.345 e. The van der Waals surface area contributed by atoms with Crippen molar-refractivity contribution in [2.45, 2.75) is 52.0 Å². The number of amides is 2. The van der Waals surface area contributed by atoms with Crippen molar-refractivity contribution in [3.63, 3.8) is 0 Å². The molecule has 1 saturated heterocycles. The molecule has 0 unspecified atom stereocenters. The average Bonchev–Trinajstić information content (AvgIpc) is 2.57. The Morgan fingerprint density at radius 3 is 2.54 bits per heavy atom. The molecule has 0 aliphatic carbocycles. The molecule has 2 N–H and O–H groups in total. The van der Waals surface area contributed by atoms with Crippen molar-refractivity contribution in [3.05, 3.63) is 29.8 Å². The molecule has 5 heteroatoms. The minimum absolute atomic E-state index is 0.0957. The molecule has 1 aliphatic heterocycles. The highest BCUT2D eigenvalue weighted by Crippen LogP contribution is 2.18. The summed E-state index contributed by atoms with van der Waals surface area (Å²) >= 11 is 0. The van der Waals surface area contributed by atoms with Gasteiger partial charge in [0.25, 0.3) is 0 Å². The normalized spacial score (nSPS) is 16.2. The zero-order chi connectivity index (χ0) is 17.5. The summed E-state index contributed by atoms with van der Waals surface area (Å²) in [4.78, 5) is 26.6. The first-order valence-corrected chi connectivity index (χ1v) is 8.93. The molecule has 132 valence electrons. The van der Waals surface area contributed by atoms with E-state index in [0.717, 1.165) is 44.5 Å². The molecule has 0 atom stereocenters. The topological polar surface area (TPSA) is 61.4 Å². The van der Waals surface area contributed by atoms with E-state index in [1.54, 1.807) is 6.07 Å². The van der Waals surface area contributed by atoms with Crippen LogP contribution in [0.1, 0.15) is 51.5 Å². The van der Waals surface area contributed by atoms with E-state index >= 15 is 0 Å². The Kier molecular flexibility index (Phi) is 6.79. The van der Waals surface area contributed by atoms with Gasteiger partial charge in [0.15, 0.2) is 0 Å². The van der Waals surface area contributed by atoms with Crippen LogP contribution >= 0.6 is 0 Å². The fourth-order valence-electron chi connectivity index (χ4n) is 3.03. The zero-order valence-corrected chi connectivity index (χ0v) is 15.0. The van der Waals surface area contributed by atoms with Crippen molar-refractivity contribution in [1.29, 1.82) is 0 Å². The predicted octanol–water partition coefficient (Wildman–Crippen LogP) is 2.74. The molecule has 1 aromatic rings. The maximum absolute atomic E-state index is 12.1. The van der Waals surface area contributed by atoms with E-state index in [9.17, 15) is 9.59 Å². The number of anilines is 1. The number of nitrogens with one attached hydrogen (secondary N) is 2. The predicted molar refractivity (Wildman–Crippen MR) is 97.1 cm³/mol. The summed E-state index contributed by atoms with van der Waals surface area (Å²) in [7, 11) is 0. The van der Waals surface area contributed by atoms with Crippen LogP contribution in [0.25, 0.3) is 0 Å². The standard InChI is InChI=1S/C19H29N3O2/c1-4-10-22-11-8-16(9-12-22)20-18(23)19(24)21-17-7-5-6-15(13-17)14(2)3/h5-7,13-14,16H,4,8-12H2,1-3H3,(H,20,23)(H,21,24). The van der Waals surface area contributed by atoms with Gasteiger partial charge in [-0.15, -0.1) is 0 Å². The third-order valence-electron chi connectivity index (χ3n) is 4.48. The molecule has 1 fully saturated rings. The monoisotopic (exact) mass is 331 g/mol. The number of piperidine rings is 1. The van der Waals surface area contributed by atoms with Crippen LogP contribution in [0.4, 0.5) is 5.69 Å². The Morgan fingerprint density at radius 2 is 1.92 bits per heavy atom. The fraction of sp³-hybridized carbons (Fsp3) is 0.579. The van der Waals surface area contributed by atoms with Gasteiger partial charge in [-0.1, -0.05) is 32.9 Å². The highest BCUT2D eigenvalue weighted by atomic mass is 16.2. The van der Waals surface area contributed by atoms with Crippen molar-refractivity contribution in [3.8, 4) is 0 Å². The molecule has 0 bridgehead atoms. The summed E-state index contributed by atoms with van der Waals surface area (Å²) in [5.74, 6) is -0.755. The van der Waals surface area contributed by atoms with Gasteiger partial charge >= 0.3 is 11.8 Å². The Morgan fingerprint density at radius 1 is 1.21 bits per heavy atom. The Labute approximate surface area is 144 Å². The molecule has 0 aromatic heterocycles. The summed E-state index contributed by atoms with van der Waals surface area (Å²) < 4.78 is 0. The first kappa shape index (κ1) is 18.5. The lowest BCUT2D eigenvalue weighted by Crippen LogP contribution is -2.47. The number of carbonyl (C=O) groups excluding carboxylic acids is 2. The van der Waals surface area contributed by atoms with Gasteiger partial charge in [0.1, 0.15) is 0 Å². The fourth-order valence-corrected chi connectivity index (χ4v) is 3.03. The summed E-state index contributed by atoms with van der Waals surface area (Å²) in [6, 6.07) is 7.73. The van der Waals surface area contributed by atoms with Crippen LogP contribution in [0.2, 0.25) is 0 Å². The third kappa shape index (κ3) is 5.34. The summed E-state index contributed by atoms with van der Waals surface area (Å²) in [5.41, 5.74) is 1.80. The number of nitrogens with zero attached hydrogens (tertiary/aromatic N) is 1. The maximum atomic E-state index is 12.1. The molecule has 1 aliphatic rings. The molecule has 1 aromatic carbocycles. The van der Waals surface area contributed by atoms with Crippen LogP contribution < -0.4 is 10.6 Å². The lowest BCUT2D eigenvalue weighted by molar-refractivity contribution is -0.136. The zero-order valence-electron chi connectivity index (χ0n) is 15.0. The van der Waals surface area contributed by atoms with Gasteiger partial charge in [0.2, 0.25) is 0 Å². The lowest BCUT2D eigenvalue weighted by Gasteiger charge is -2.31. The Hall–Kier alpha value is -1.88. The van der Waals surface area contributed by atoms with Crippen molar-refractivity contribution < 1.29 is 9.59 Å². The smallest absolute Gasteiger partial charge is 0.313 e. The molecule has 0 radical (unpaired) electrons. The summed E-state index contributed by atoms with van der Waals surface area (Å²) in [5, 5.41) is 5.56. The van der Waals surface area contributed by atoms with E-state index in [0.29, 0.717) is 11.6 Å². The lowest BCUT2D eigenvalue weighted by atomic mass is 10.0. The second kappa shape index (κ2) is 8.83. The molecule has 1 heterocycles.